The number of rotatable bonds is 15. The highest BCUT2D eigenvalue weighted by Crippen LogP contribution is 2.43. The Morgan fingerprint density at radius 2 is 1.04 bits per heavy atom. The van der Waals surface area contributed by atoms with E-state index in [1.165, 1.54) is 0 Å². The standard InChI is InChI=1S/C34H44N6O4S2/c1-33(2)15-23(27(21-37)31(41)43-11-13-45)25(19-35)29(17-33)39-9-7-5-6-8-10-40-30-18-34(3,4)16-24(26(30)20-36)28(22-38)32(42)44-12-14-46/h39-40,45-46H,5-18H2,1-4H3/b27-23+,28-24+. The van der Waals surface area contributed by atoms with Crippen molar-refractivity contribution in [3.63, 3.8) is 0 Å². The molecule has 2 aliphatic carbocycles. The number of unbranched alkanes of at least 4 members (excludes halogenated alkanes) is 3. The fraction of sp³-hybridized carbons (Fsp3) is 0.588. The largest absolute Gasteiger partial charge is 0.461 e. The number of carbonyl (C=O) groups is 2. The molecule has 0 aromatic heterocycles. The number of esters is 2. The minimum atomic E-state index is -0.732. The van der Waals surface area contributed by atoms with Gasteiger partial charge in [-0.3, -0.25) is 0 Å². The number of carbonyl (C=O) groups excluding carboxylic acids is 2. The quantitative estimate of drug-likeness (QED) is 0.0575. The molecule has 0 aromatic carbocycles. The maximum absolute atomic E-state index is 12.5. The van der Waals surface area contributed by atoms with E-state index >= 15 is 0 Å². The average Bonchev–Trinajstić information content (AvgIpc) is 3.00. The first kappa shape index (κ1) is 38.3. The molecule has 0 radical (unpaired) electrons. The Balaban J connectivity index is 2.03. The summed E-state index contributed by atoms with van der Waals surface area (Å²) in [6, 6.07) is 8.33. The molecule has 10 nitrogen and oxygen atoms in total. The Kier molecular flexibility index (Phi) is 15.3. The van der Waals surface area contributed by atoms with Crippen LogP contribution in [0.3, 0.4) is 0 Å². The normalized spacial score (nSPS) is 19.1. The van der Waals surface area contributed by atoms with Gasteiger partial charge in [0.1, 0.15) is 48.6 Å². The summed E-state index contributed by atoms with van der Waals surface area (Å²) >= 11 is 8.09. The molecule has 46 heavy (non-hydrogen) atoms. The molecule has 0 bridgehead atoms. The minimum Gasteiger partial charge on any atom is -0.461 e. The first-order chi connectivity index (χ1) is 21.9. The molecule has 0 fully saturated rings. The second-order valence-corrected chi connectivity index (χ2v) is 13.8. The highest BCUT2D eigenvalue weighted by atomic mass is 32.1. The lowest BCUT2D eigenvalue weighted by molar-refractivity contribution is -0.138. The molecule has 0 heterocycles. The highest BCUT2D eigenvalue weighted by Gasteiger charge is 2.35. The lowest BCUT2D eigenvalue weighted by Gasteiger charge is -2.34. The SMILES string of the molecule is CC1(C)CC(NCCCCCCNC2=C(C#N)/C(=C(\C#N)C(=O)OCCS)CC(C)(C)C2)=C(C#N)/C(=C(\C#N)C(=O)OCCS)C1. The minimum absolute atomic E-state index is 0.0821. The summed E-state index contributed by atoms with van der Waals surface area (Å²) in [5.41, 5.74) is 2.21. The molecular formula is C34H44N6O4S2. The van der Waals surface area contributed by atoms with Crippen LogP contribution < -0.4 is 10.6 Å². The van der Waals surface area contributed by atoms with Crippen molar-refractivity contribution in [3.05, 3.63) is 44.8 Å². The van der Waals surface area contributed by atoms with Gasteiger partial charge in [-0.2, -0.15) is 46.3 Å². The first-order valence-electron chi connectivity index (χ1n) is 15.5. The van der Waals surface area contributed by atoms with Gasteiger partial charge in [-0.25, -0.2) is 9.59 Å². The van der Waals surface area contributed by atoms with E-state index in [4.69, 9.17) is 9.47 Å². The Hall–Kier alpha value is -3.84. The van der Waals surface area contributed by atoms with Crippen LogP contribution in [0, 0.1) is 56.2 Å². The lowest BCUT2D eigenvalue weighted by atomic mass is 9.73. The number of nitrogens with zero attached hydrogens (tertiary/aromatic N) is 4. The van der Waals surface area contributed by atoms with Crippen LogP contribution in [0.1, 0.15) is 79.1 Å². The van der Waals surface area contributed by atoms with E-state index in [9.17, 15) is 30.6 Å². The van der Waals surface area contributed by atoms with Crippen LogP contribution in [0.15, 0.2) is 44.8 Å². The smallest absolute Gasteiger partial charge is 0.349 e. The third kappa shape index (κ3) is 10.9. The zero-order valence-electron chi connectivity index (χ0n) is 27.2. The molecule has 0 atom stereocenters. The van der Waals surface area contributed by atoms with Gasteiger partial charge in [0, 0.05) is 36.0 Å². The number of allylic oxidation sites excluding steroid dienone is 6. The van der Waals surface area contributed by atoms with Crippen molar-refractivity contribution >= 4 is 37.2 Å². The van der Waals surface area contributed by atoms with Gasteiger partial charge in [-0.05, 0) is 60.5 Å². The Labute approximate surface area is 284 Å². The van der Waals surface area contributed by atoms with Crippen LogP contribution in [0.2, 0.25) is 0 Å². The van der Waals surface area contributed by atoms with Crippen molar-refractivity contribution in [2.75, 3.05) is 37.8 Å². The van der Waals surface area contributed by atoms with Gasteiger partial charge >= 0.3 is 11.9 Å². The monoisotopic (exact) mass is 664 g/mol. The zero-order chi connectivity index (χ0) is 34.3. The van der Waals surface area contributed by atoms with Crippen LogP contribution in [-0.2, 0) is 19.1 Å². The molecule has 2 rings (SSSR count). The summed E-state index contributed by atoms with van der Waals surface area (Å²) in [6.45, 7) is 9.60. The molecule has 0 unspecified atom stereocenters. The van der Waals surface area contributed by atoms with Crippen LogP contribution in [0.4, 0.5) is 0 Å². The Morgan fingerprint density at radius 3 is 1.35 bits per heavy atom. The Morgan fingerprint density at radius 1 is 0.674 bits per heavy atom. The predicted molar refractivity (Wildman–Crippen MR) is 181 cm³/mol. The van der Waals surface area contributed by atoms with Crippen LogP contribution >= 0.6 is 25.3 Å². The number of nitrogens with one attached hydrogen (secondary N) is 2. The van der Waals surface area contributed by atoms with Gasteiger partial charge < -0.3 is 20.1 Å². The van der Waals surface area contributed by atoms with E-state index < -0.39 is 11.9 Å². The van der Waals surface area contributed by atoms with Crippen molar-refractivity contribution in [1.29, 1.82) is 21.0 Å². The zero-order valence-corrected chi connectivity index (χ0v) is 29.0. The maximum atomic E-state index is 12.5. The van der Waals surface area contributed by atoms with Gasteiger partial charge in [0.15, 0.2) is 0 Å². The molecule has 12 heteroatoms. The number of hydrogen-bond acceptors (Lipinski definition) is 12. The third-order valence-corrected chi connectivity index (χ3v) is 8.08. The first-order valence-corrected chi connectivity index (χ1v) is 16.7. The van der Waals surface area contributed by atoms with E-state index in [1.807, 2.05) is 39.8 Å². The molecule has 0 amide bonds. The van der Waals surface area contributed by atoms with E-state index in [-0.39, 0.29) is 35.2 Å². The second-order valence-electron chi connectivity index (χ2n) is 12.9. The van der Waals surface area contributed by atoms with Gasteiger partial charge in [0.25, 0.3) is 0 Å². The van der Waals surface area contributed by atoms with Gasteiger partial charge in [-0.15, -0.1) is 0 Å². The topological polar surface area (TPSA) is 172 Å². The number of nitriles is 4. The summed E-state index contributed by atoms with van der Waals surface area (Å²) < 4.78 is 10.3. The van der Waals surface area contributed by atoms with Gasteiger partial charge in [0.2, 0.25) is 0 Å². The summed E-state index contributed by atoms with van der Waals surface area (Å²) in [5.74, 6) is -0.793. The van der Waals surface area contributed by atoms with E-state index in [0.29, 0.717) is 72.6 Å². The summed E-state index contributed by atoms with van der Waals surface area (Å²) in [5, 5.41) is 46.2. The summed E-state index contributed by atoms with van der Waals surface area (Å²) in [7, 11) is 0. The third-order valence-electron chi connectivity index (χ3n) is 7.72. The van der Waals surface area contributed by atoms with Crippen molar-refractivity contribution in [2.45, 2.75) is 79.1 Å². The van der Waals surface area contributed by atoms with E-state index in [1.54, 1.807) is 0 Å². The predicted octanol–water partition coefficient (Wildman–Crippen LogP) is 5.51. The van der Waals surface area contributed by atoms with Crippen LogP contribution in [0.5, 0.6) is 0 Å². The molecular weight excluding hydrogens is 621 g/mol. The van der Waals surface area contributed by atoms with E-state index in [0.717, 1.165) is 37.1 Å². The molecule has 2 N–H and O–H groups in total. The Bertz CT molecular complexity index is 1350. The van der Waals surface area contributed by atoms with Crippen molar-refractivity contribution in [2.24, 2.45) is 10.8 Å². The number of thiol groups is 2. The molecule has 0 aromatic rings. The number of ether oxygens (including phenoxy) is 2. The number of hydrogen-bond donors (Lipinski definition) is 4. The molecule has 0 saturated heterocycles. The van der Waals surface area contributed by atoms with Crippen LogP contribution in [-0.4, -0.2) is 49.7 Å². The van der Waals surface area contributed by atoms with Crippen molar-refractivity contribution in [1.82, 2.24) is 10.6 Å². The maximum Gasteiger partial charge on any atom is 0.349 e. The summed E-state index contributed by atoms with van der Waals surface area (Å²) in [4.78, 5) is 25.1. The van der Waals surface area contributed by atoms with Crippen LogP contribution in [0.25, 0.3) is 0 Å². The molecule has 0 aliphatic heterocycles. The van der Waals surface area contributed by atoms with Gasteiger partial charge in [-0.1, -0.05) is 40.5 Å². The van der Waals surface area contributed by atoms with Gasteiger partial charge in [0.05, 0.1) is 11.1 Å². The molecule has 246 valence electrons. The fourth-order valence-electron chi connectivity index (χ4n) is 5.73. The highest BCUT2D eigenvalue weighted by molar-refractivity contribution is 7.80. The van der Waals surface area contributed by atoms with E-state index in [2.05, 4.69) is 48.0 Å². The van der Waals surface area contributed by atoms with Crippen molar-refractivity contribution < 1.29 is 19.1 Å². The van der Waals surface area contributed by atoms with Crippen molar-refractivity contribution in [3.8, 4) is 24.3 Å². The second kappa shape index (κ2) is 18.3. The molecule has 0 spiro atoms. The molecule has 2 aliphatic rings. The summed E-state index contributed by atoms with van der Waals surface area (Å²) in [6.07, 6.45) is 5.63. The molecule has 0 saturated carbocycles. The lowest BCUT2D eigenvalue weighted by Crippen LogP contribution is -2.29. The fourth-order valence-corrected chi connectivity index (χ4v) is 5.91. The average molecular weight is 665 g/mol.